The van der Waals surface area contributed by atoms with Crippen LogP contribution in [0.1, 0.15) is 32.6 Å². The summed E-state index contributed by atoms with van der Waals surface area (Å²) >= 11 is 0. The molecule has 2 atom stereocenters. The Morgan fingerprint density at radius 3 is 2.46 bits per heavy atom. The summed E-state index contributed by atoms with van der Waals surface area (Å²) < 4.78 is 10.8. The predicted octanol–water partition coefficient (Wildman–Crippen LogP) is 1.55. The molecule has 0 aliphatic heterocycles. The van der Waals surface area contributed by atoms with Crippen molar-refractivity contribution in [1.29, 1.82) is 0 Å². The van der Waals surface area contributed by atoms with E-state index in [-0.39, 0.29) is 24.6 Å². The van der Waals surface area contributed by atoms with Gasteiger partial charge in [0.05, 0.1) is 12.2 Å². The van der Waals surface area contributed by atoms with E-state index in [0.717, 1.165) is 12.8 Å². The van der Waals surface area contributed by atoms with Crippen molar-refractivity contribution in [3.8, 4) is 0 Å². The van der Waals surface area contributed by atoms with E-state index in [1.165, 1.54) is 12.8 Å². The highest BCUT2D eigenvalue weighted by Crippen LogP contribution is 2.23. The molecule has 0 heterocycles. The first-order chi connectivity index (χ1) is 6.24. The fourth-order valence-corrected chi connectivity index (χ4v) is 1.75. The minimum atomic E-state index is 0.0837. The summed E-state index contributed by atoms with van der Waals surface area (Å²) in [5.74, 6) is 0.0837. The zero-order valence-electron chi connectivity index (χ0n) is 8.41. The summed E-state index contributed by atoms with van der Waals surface area (Å²) in [6.45, 7) is 1.77. The van der Waals surface area contributed by atoms with Crippen molar-refractivity contribution in [1.82, 2.24) is 0 Å². The Kier molecular flexibility index (Phi) is 4.39. The molecule has 0 aromatic rings. The lowest BCUT2D eigenvalue weighted by Gasteiger charge is -2.29. The number of hydrogen-bond donors (Lipinski definition) is 0. The Hall–Kier alpha value is -0.410. The largest absolute Gasteiger partial charge is 0.379 e. The normalized spacial score (nSPS) is 28.8. The number of rotatable bonds is 4. The van der Waals surface area contributed by atoms with Gasteiger partial charge in [-0.05, 0) is 19.8 Å². The number of ketones is 1. The van der Waals surface area contributed by atoms with Gasteiger partial charge in [0, 0.05) is 7.11 Å². The first kappa shape index (κ1) is 10.7. The van der Waals surface area contributed by atoms with Gasteiger partial charge in [-0.1, -0.05) is 12.8 Å². The molecule has 13 heavy (non-hydrogen) atoms. The molecule has 0 N–H and O–H groups in total. The Balaban J connectivity index is 2.31. The number of carbonyl (C=O) groups excluding carboxylic acids is 1. The fourth-order valence-electron chi connectivity index (χ4n) is 1.75. The van der Waals surface area contributed by atoms with Crippen LogP contribution in [0.25, 0.3) is 0 Å². The lowest BCUT2D eigenvalue weighted by atomic mass is 9.94. The molecule has 0 saturated heterocycles. The topological polar surface area (TPSA) is 35.5 Å². The lowest BCUT2D eigenvalue weighted by molar-refractivity contribution is -0.129. The maximum atomic E-state index is 10.7. The summed E-state index contributed by atoms with van der Waals surface area (Å²) in [7, 11) is 1.71. The van der Waals surface area contributed by atoms with Crippen LogP contribution in [0, 0.1) is 0 Å². The van der Waals surface area contributed by atoms with Gasteiger partial charge in [0.2, 0.25) is 0 Å². The average Bonchev–Trinajstić information content (AvgIpc) is 2.15. The van der Waals surface area contributed by atoms with E-state index < -0.39 is 0 Å². The molecule has 0 radical (unpaired) electrons. The van der Waals surface area contributed by atoms with Crippen LogP contribution in [0.4, 0.5) is 0 Å². The van der Waals surface area contributed by atoms with Gasteiger partial charge < -0.3 is 9.47 Å². The number of Topliss-reactive ketones (excluding diaryl/α,β-unsaturated/α-hetero) is 1. The van der Waals surface area contributed by atoms with Crippen LogP contribution in [0.2, 0.25) is 0 Å². The van der Waals surface area contributed by atoms with E-state index in [1.54, 1.807) is 14.0 Å². The second kappa shape index (κ2) is 5.35. The highest BCUT2D eigenvalue weighted by Gasteiger charge is 2.25. The van der Waals surface area contributed by atoms with Crippen molar-refractivity contribution < 1.29 is 14.3 Å². The van der Waals surface area contributed by atoms with Gasteiger partial charge in [-0.25, -0.2) is 0 Å². The number of ether oxygens (including phenoxy) is 2. The molecule has 0 bridgehead atoms. The van der Waals surface area contributed by atoms with Crippen molar-refractivity contribution >= 4 is 5.78 Å². The van der Waals surface area contributed by atoms with Crippen molar-refractivity contribution in [3.05, 3.63) is 0 Å². The number of methoxy groups -OCH3 is 1. The molecule has 0 aromatic heterocycles. The Morgan fingerprint density at radius 2 is 1.92 bits per heavy atom. The first-order valence-corrected chi connectivity index (χ1v) is 4.88. The molecule has 3 heteroatoms. The fraction of sp³-hybridized carbons (Fsp3) is 0.900. The maximum Gasteiger partial charge on any atom is 0.155 e. The predicted molar refractivity (Wildman–Crippen MR) is 49.7 cm³/mol. The molecular formula is C10H18O3. The third-order valence-electron chi connectivity index (χ3n) is 2.45. The van der Waals surface area contributed by atoms with E-state index in [0.29, 0.717) is 0 Å². The van der Waals surface area contributed by atoms with Gasteiger partial charge in [0.25, 0.3) is 0 Å². The molecule has 1 fully saturated rings. The summed E-state index contributed by atoms with van der Waals surface area (Å²) in [5.41, 5.74) is 0. The third-order valence-corrected chi connectivity index (χ3v) is 2.45. The van der Waals surface area contributed by atoms with E-state index in [4.69, 9.17) is 9.47 Å². The lowest BCUT2D eigenvalue weighted by Crippen LogP contribution is -2.35. The standard InChI is InChI=1S/C10H18O3/c1-8(11)7-13-10-6-4-3-5-9(10)12-2/h9-10H,3-7H2,1-2H3. The van der Waals surface area contributed by atoms with Crippen molar-refractivity contribution in [3.63, 3.8) is 0 Å². The van der Waals surface area contributed by atoms with Crippen molar-refractivity contribution in [2.24, 2.45) is 0 Å². The minimum Gasteiger partial charge on any atom is -0.379 e. The molecular weight excluding hydrogens is 168 g/mol. The second-order valence-electron chi connectivity index (χ2n) is 3.61. The molecule has 3 nitrogen and oxygen atoms in total. The van der Waals surface area contributed by atoms with Crippen LogP contribution >= 0.6 is 0 Å². The molecule has 1 saturated carbocycles. The highest BCUT2D eigenvalue weighted by atomic mass is 16.5. The molecule has 1 aliphatic carbocycles. The van der Waals surface area contributed by atoms with Crippen LogP contribution in [0.5, 0.6) is 0 Å². The second-order valence-corrected chi connectivity index (χ2v) is 3.61. The van der Waals surface area contributed by atoms with Crippen LogP contribution in [0.15, 0.2) is 0 Å². The molecule has 76 valence electrons. The van der Waals surface area contributed by atoms with E-state index in [9.17, 15) is 4.79 Å². The smallest absolute Gasteiger partial charge is 0.155 e. The Labute approximate surface area is 79.4 Å². The van der Waals surface area contributed by atoms with Crippen LogP contribution in [0.3, 0.4) is 0 Å². The Bertz CT molecular complexity index is 168. The van der Waals surface area contributed by atoms with Crippen LogP contribution < -0.4 is 0 Å². The monoisotopic (exact) mass is 186 g/mol. The zero-order chi connectivity index (χ0) is 9.68. The summed E-state index contributed by atoms with van der Waals surface area (Å²) in [4.78, 5) is 10.7. The molecule has 0 spiro atoms. The SMILES string of the molecule is COC1CCCCC1OCC(C)=O. The highest BCUT2D eigenvalue weighted by molar-refractivity contribution is 5.76. The van der Waals surface area contributed by atoms with Gasteiger partial charge in [-0.2, -0.15) is 0 Å². The van der Waals surface area contributed by atoms with Crippen LogP contribution in [-0.2, 0) is 14.3 Å². The third kappa shape index (κ3) is 3.44. The molecule has 2 unspecified atom stereocenters. The number of hydrogen-bond acceptors (Lipinski definition) is 3. The molecule has 0 amide bonds. The minimum absolute atomic E-state index is 0.0837. The van der Waals surface area contributed by atoms with Gasteiger partial charge >= 0.3 is 0 Å². The van der Waals surface area contributed by atoms with Gasteiger partial charge in [-0.15, -0.1) is 0 Å². The molecule has 0 aromatic carbocycles. The van der Waals surface area contributed by atoms with E-state index in [1.807, 2.05) is 0 Å². The number of carbonyl (C=O) groups is 1. The Morgan fingerprint density at radius 1 is 1.31 bits per heavy atom. The van der Waals surface area contributed by atoms with Gasteiger partial charge in [0.15, 0.2) is 5.78 Å². The molecule has 1 aliphatic rings. The van der Waals surface area contributed by atoms with E-state index >= 15 is 0 Å². The average molecular weight is 186 g/mol. The van der Waals surface area contributed by atoms with Crippen LogP contribution in [-0.4, -0.2) is 31.7 Å². The van der Waals surface area contributed by atoms with Crippen molar-refractivity contribution in [2.45, 2.75) is 44.8 Å². The first-order valence-electron chi connectivity index (χ1n) is 4.88. The summed E-state index contributed by atoms with van der Waals surface area (Å²) in [6, 6.07) is 0. The van der Waals surface area contributed by atoms with E-state index in [2.05, 4.69) is 0 Å². The van der Waals surface area contributed by atoms with Crippen molar-refractivity contribution in [2.75, 3.05) is 13.7 Å². The van der Waals surface area contributed by atoms with Gasteiger partial charge in [-0.3, -0.25) is 4.79 Å². The summed E-state index contributed by atoms with van der Waals surface area (Å²) in [5, 5.41) is 0. The maximum absolute atomic E-state index is 10.7. The molecule has 1 rings (SSSR count). The zero-order valence-corrected chi connectivity index (χ0v) is 8.41. The quantitative estimate of drug-likeness (QED) is 0.668. The van der Waals surface area contributed by atoms with Gasteiger partial charge in [0.1, 0.15) is 6.61 Å². The summed E-state index contributed by atoms with van der Waals surface area (Å²) in [6.07, 6.45) is 4.78.